The van der Waals surface area contributed by atoms with Crippen molar-refractivity contribution in [3.05, 3.63) is 35.4 Å². The summed E-state index contributed by atoms with van der Waals surface area (Å²) < 4.78 is 11.2. The number of hydrogen-bond donors (Lipinski definition) is 2. The second-order valence-corrected chi connectivity index (χ2v) is 12.0. The van der Waals surface area contributed by atoms with Crippen molar-refractivity contribution < 1.29 is 19.1 Å². The molecule has 0 radical (unpaired) electrons. The smallest absolute Gasteiger partial charge is 0.338 e. The Morgan fingerprint density at radius 2 is 1.03 bits per heavy atom. The highest BCUT2D eigenvalue weighted by Gasteiger charge is 2.45. The molecule has 1 aromatic carbocycles. The summed E-state index contributed by atoms with van der Waals surface area (Å²) >= 11 is 0. The van der Waals surface area contributed by atoms with Gasteiger partial charge in [-0.3, -0.25) is 0 Å². The summed E-state index contributed by atoms with van der Waals surface area (Å²) in [4.78, 5) is 25.0. The SMILES string of the molecule is CC1(C)CC(COC(=O)c2ccc(C(=O)OCC3CC(C)(C)NC3(C)C)cc2)C(C)(C)N1. The molecule has 0 spiro atoms. The summed E-state index contributed by atoms with van der Waals surface area (Å²) in [5.41, 5.74) is 0.760. The Balaban J connectivity index is 1.52. The quantitative estimate of drug-likeness (QED) is 0.636. The standard InChI is InChI=1S/C26H40N2O4/c1-23(2)13-19(25(5,6)27-23)15-31-21(29)17-9-11-18(12-10-17)22(30)32-16-20-14-24(3,4)28-26(20,7)8/h9-12,19-20,27-28H,13-16H2,1-8H3. The van der Waals surface area contributed by atoms with E-state index in [0.29, 0.717) is 24.3 Å². The topological polar surface area (TPSA) is 76.7 Å². The molecule has 2 aliphatic rings. The van der Waals surface area contributed by atoms with Gasteiger partial charge in [0.25, 0.3) is 0 Å². The molecule has 0 saturated carbocycles. The highest BCUT2D eigenvalue weighted by molar-refractivity contribution is 5.93. The molecule has 32 heavy (non-hydrogen) atoms. The molecule has 2 atom stereocenters. The van der Waals surface area contributed by atoms with Crippen LogP contribution in [-0.2, 0) is 9.47 Å². The lowest BCUT2D eigenvalue weighted by molar-refractivity contribution is 0.0385. The zero-order valence-electron chi connectivity index (χ0n) is 20.9. The first-order chi connectivity index (χ1) is 14.6. The van der Waals surface area contributed by atoms with Crippen LogP contribution in [0.15, 0.2) is 24.3 Å². The molecule has 2 unspecified atom stereocenters. The molecular formula is C26H40N2O4. The lowest BCUT2D eigenvalue weighted by Crippen LogP contribution is -2.45. The minimum absolute atomic E-state index is 0.0299. The molecule has 2 aliphatic heterocycles. The van der Waals surface area contributed by atoms with Crippen molar-refractivity contribution >= 4 is 11.9 Å². The lowest BCUT2D eigenvalue weighted by Gasteiger charge is -2.28. The zero-order chi connectivity index (χ0) is 23.9. The number of carbonyl (C=O) groups excluding carboxylic acids is 2. The van der Waals surface area contributed by atoms with E-state index in [9.17, 15) is 9.59 Å². The van der Waals surface area contributed by atoms with Gasteiger partial charge in [0, 0.05) is 34.0 Å². The van der Waals surface area contributed by atoms with Gasteiger partial charge in [0.15, 0.2) is 0 Å². The highest BCUT2D eigenvalue weighted by atomic mass is 16.5. The first-order valence-electron chi connectivity index (χ1n) is 11.6. The molecule has 0 bridgehead atoms. The molecule has 0 aliphatic carbocycles. The average Bonchev–Trinajstić information content (AvgIpc) is 3.01. The van der Waals surface area contributed by atoms with Gasteiger partial charge < -0.3 is 20.1 Å². The lowest BCUT2D eigenvalue weighted by atomic mass is 9.88. The fourth-order valence-electron chi connectivity index (χ4n) is 5.59. The summed E-state index contributed by atoms with van der Waals surface area (Å²) in [7, 11) is 0. The van der Waals surface area contributed by atoms with Crippen molar-refractivity contribution in [1.82, 2.24) is 10.6 Å². The maximum atomic E-state index is 12.5. The van der Waals surface area contributed by atoms with Gasteiger partial charge in [0.05, 0.1) is 24.3 Å². The number of benzene rings is 1. The molecule has 2 N–H and O–H groups in total. The van der Waals surface area contributed by atoms with Crippen molar-refractivity contribution in [3.63, 3.8) is 0 Å². The van der Waals surface area contributed by atoms with Gasteiger partial charge in [-0.2, -0.15) is 0 Å². The molecule has 178 valence electrons. The number of esters is 2. The number of rotatable bonds is 6. The van der Waals surface area contributed by atoms with E-state index in [0.717, 1.165) is 12.8 Å². The van der Waals surface area contributed by atoms with Gasteiger partial charge in [-0.05, 0) is 92.5 Å². The molecule has 0 amide bonds. The van der Waals surface area contributed by atoms with E-state index in [4.69, 9.17) is 9.47 Å². The summed E-state index contributed by atoms with van der Waals surface area (Å²) in [5.74, 6) is -0.247. The monoisotopic (exact) mass is 444 g/mol. The molecule has 1 aromatic rings. The molecule has 3 rings (SSSR count). The Kier molecular flexibility index (Phi) is 6.53. The van der Waals surface area contributed by atoms with E-state index in [1.165, 1.54) is 0 Å². The predicted octanol–water partition coefficient (Wildman–Crippen LogP) is 4.33. The van der Waals surface area contributed by atoms with Crippen LogP contribution in [0, 0.1) is 11.8 Å². The molecule has 2 fully saturated rings. The van der Waals surface area contributed by atoms with Crippen molar-refractivity contribution in [2.45, 2.75) is 90.4 Å². The fraction of sp³-hybridized carbons (Fsp3) is 0.692. The third-order valence-electron chi connectivity index (χ3n) is 7.06. The van der Waals surface area contributed by atoms with Crippen molar-refractivity contribution in [3.8, 4) is 0 Å². The Bertz CT molecular complexity index is 784. The van der Waals surface area contributed by atoms with Crippen LogP contribution in [0.4, 0.5) is 0 Å². The zero-order valence-corrected chi connectivity index (χ0v) is 20.9. The van der Waals surface area contributed by atoms with Crippen molar-refractivity contribution in [2.75, 3.05) is 13.2 Å². The first-order valence-corrected chi connectivity index (χ1v) is 11.6. The highest BCUT2D eigenvalue weighted by Crippen LogP contribution is 2.37. The second-order valence-electron chi connectivity index (χ2n) is 12.0. The Labute approximate surface area is 192 Å². The van der Waals surface area contributed by atoms with Crippen LogP contribution >= 0.6 is 0 Å². The number of hydrogen-bond acceptors (Lipinski definition) is 6. The molecular weight excluding hydrogens is 404 g/mol. The van der Waals surface area contributed by atoms with Crippen LogP contribution in [0.2, 0.25) is 0 Å². The molecule has 0 aromatic heterocycles. The predicted molar refractivity (Wildman–Crippen MR) is 126 cm³/mol. The normalized spacial score (nSPS) is 27.1. The number of nitrogens with one attached hydrogen (secondary N) is 2. The Hall–Kier alpha value is -1.92. The molecule has 2 saturated heterocycles. The summed E-state index contributed by atoms with van der Waals surface area (Å²) in [6.07, 6.45) is 1.89. The van der Waals surface area contributed by atoms with Gasteiger partial charge in [-0.1, -0.05) is 0 Å². The molecule has 6 nitrogen and oxygen atoms in total. The van der Waals surface area contributed by atoms with Crippen molar-refractivity contribution in [2.24, 2.45) is 11.8 Å². The largest absolute Gasteiger partial charge is 0.462 e. The van der Waals surface area contributed by atoms with Gasteiger partial charge in [0.1, 0.15) is 0 Å². The van der Waals surface area contributed by atoms with E-state index in [-0.39, 0.29) is 45.9 Å². The van der Waals surface area contributed by atoms with Gasteiger partial charge in [0.2, 0.25) is 0 Å². The third-order valence-corrected chi connectivity index (χ3v) is 7.06. The van der Waals surface area contributed by atoms with Crippen LogP contribution in [0.5, 0.6) is 0 Å². The Morgan fingerprint density at radius 1 is 0.719 bits per heavy atom. The van der Waals surface area contributed by atoms with E-state index >= 15 is 0 Å². The van der Waals surface area contributed by atoms with E-state index < -0.39 is 0 Å². The molecule has 6 heteroatoms. The fourth-order valence-corrected chi connectivity index (χ4v) is 5.59. The van der Waals surface area contributed by atoms with E-state index in [2.05, 4.69) is 66.0 Å². The van der Waals surface area contributed by atoms with Crippen LogP contribution in [0.25, 0.3) is 0 Å². The van der Waals surface area contributed by atoms with E-state index in [1.807, 2.05) is 0 Å². The van der Waals surface area contributed by atoms with Crippen LogP contribution in [-0.4, -0.2) is 47.3 Å². The summed E-state index contributed by atoms with van der Waals surface area (Å²) in [6, 6.07) is 6.52. The minimum Gasteiger partial charge on any atom is -0.462 e. The first kappa shape index (κ1) is 24.7. The maximum absolute atomic E-state index is 12.5. The van der Waals surface area contributed by atoms with Crippen LogP contribution in [0.3, 0.4) is 0 Å². The van der Waals surface area contributed by atoms with E-state index in [1.54, 1.807) is 24.3 Å². The number of ether oxygens (including phenoxy) is 2. The van der Waals surface area contributed by atoms with Gasteiger partial charge in [-0.25, -0.2) is 9.59 Å². The summed E-state index contributed by atoms with van der Waals surface area (Å²) in [5, 5.41) is 7.20. The third kappa shape index (κ3) is 5.70. The second kappa shape index (κ2) is 8.45. The minimum atomic E-state index is -0.369. The Morgan fingerprint density at radius 3 is 1.28 bits per heavy atom. The molecule has 2 heterocycles. The average molecular weight is 445 g/mol. The number of carbonyl (C=O) groups is 2. The summed E-state index contributed by atoms with van der Waals surface area (Å²) in [6.45, 7) is 18.0. The van der Waals surface area contributed by atoms with Crippen molar-refractivity contribution in [1.29, 1.82) is 0 Å². The van der Waals surface area contributed by atoms with Gasteiger partial charge >= 0.3 is 11.9 Å². The van der Waals surface area contributed by atoms with Crippen LogP contribution < -0.4 is 10.6 Å². The maximum Gasteiger partial charge on any atom is 0.338 e. The van der Waals surface area contributed by atoms with Crippen LogP contribution in [0.1, 0.15) is 88.9 Å². The van der Waals surface area contributed by atoms with Gasteiger partial charge in [-0.15, -0.1) is 0 Å².